The van der Waals surface area contributed by atoms with Crippen LogP contribution in [0.1, 0.15) is 13.3 Å². The van der Waals surface area contributed by atoms with Crippen LogP contribution < -0.4 is 0 Å². The molecule has 0 aliphatic heterocycles. The number of carbonyl (C=O) groups is 1. The predicted molar refractivity (Wildman–Crippen MR) is 99.8 cm³/mol. The third-order valence-electron chi connectivity index (χ3n) is 3.75. The van der Waals surface area contributed by atoms with E-state index in [9.17, 15) is 38.2 Å². The lowest BCUT2D eigenvalue weighted by Gasteiger charge is -2.46. The van der Waals surface area contributed by atoms with E-state index in [1.54, 1.807) is 0 Å². The first kappa shape index (κ1) is 31.9. The van der Waals surface area contributed by atoms with Crippen LogP contribution in [0.4, 0.5) is 0 Å². The largest absolute Gasteiger partial charge is 0.475 e. The smallest absolute Gasteiger partial charge is 0.438 e. The van der Waals surface area contributed by atoms with E-state index in [2.05, 4.69) is 27.4 Å². The van der Waals surface area contributed by atoms with Gasteiger partial charge in [0.2, 0.25) is 6.79 Å². The zero-order chi connectivity index (χ0) is 26.7. The van der Waals surface area contributed by atoms with Crippen molar-refractivity contribution in [3.63, 3.8) is 0 Å². The Balaban J connectivity index is 3.41. The molecule has 0 spiro atoms. The topological polar surface area (TPSA) is 323 Å². The molecular weight excluding hydrogens is 564 g/mol. The van der Waals surface area contributed by atoms with E-state index in [4.69, 9.17) is 29.4 Å². The van der Waals surface area contributed by atoms with Gasteiger partial charge in [-0.25, -0.2) is 22.8 Å². The van der Waals surface area contributed by atoms with Crippen LogP contribution in [0.25, 0.3) is 0 Å². The lowest BCUT2D eigenvalue weighted by molar-refractivity contribution is -0.210. The maximum Gasteiger partial charge on any atom is 0.475 e. The van der Waals surface area contributed by atoms with Crippen molar-refractivity contribution in [3.8, 4) is 0 Å². The van der Waals surface area contributed by atoms with Crippen molar-refractivity contribution in [1.29, 1.82) is 0 Å². The third-order valence-corrected chi connectivity index (χ3v) is 6.25. The summed E-state index contributed by atoms with van der Waals surface area (Å²) in [5.41, 5.74) is 0. The summed E-state index contributed by atoms with van der Waals surface area (Å²) in [5.74, 6) is -0.900. The minimum absolute atomic E-state index is 0.173. The van der Waals surface area contributed by atoms with Crippen LogP contribution in [-0.4, -0.2) is 93.9 Å². The van der Waals surface area contributed by atoms with Gasteiger partial charge in [0, 0.05) is 6.42 Å². The van der Waals surface area contributed by atoms with Crippen LogP contribution in [0.2, 0.25) is 0 Å². The molecule has 1 aliphatic rings. The highest BCUT2D eigenvalue weighted by molar-refractivity contribution is 7.47. The number of hydrogen-bond acceptors (Lipinski definition) is 13. The molecule has 20 nitrogen and oxygen atoms in total. The van der Waals surface area contributed by atoms with Gasteiger partial charge in [0.25, 0.3) is 0 Å². The molecular formula is C10H22O20P4. The molecule has 34 heavy (non-hydrogen) atoms. The Hall–Kier alpha value is -0.170. The maximum atomic E-state index is 12.1. The summed E-state index contributed by atoms with van der Waals surface area (Å²) in [6, 6.07) is 0. The van der Waals surface area contributed by atoms with Gasteiger partial charge in [0.05, 0.1) is 0 Å². The van der Waals surface area contributed by atoms with Crippen LogP contribution in [0.15, 0.2) is 0 Å². The number of phosphoric ester groups is 4. The highest BCUT2D eigenvalue weighted by Crippen LogP contribution is 2.53. The highest BCUT2D eigenvalue weighted by Gasteiger charge is 2.59. The number of ether oxygens (including phenoxy) is 1. The standard InChI is InChI=1S/C10H22O20P4/c1-2-4(11)25-3-26-34(23,24)30-8-6(13)5(12)7(27-31(14,15)16)9(28-32(17,18)19)10(8)29-33(20,21)22/h5-10,12-13H,2-3H2,1H3,(H,23,24)(H2,14,15,16)(H2,17,18,19)(H2,20,21,22). The molecule has 7 atom stereocenters. The van der Waals surface area contributed by atoms with Crippen molar-refractivity contribution < 1.29 is 94.9 Å². The zero-order valence-electron chi connectivity index (χ0n) is 16.7. The molecule has 7 unspecified atom stereocenters. The minimum Gasteiger partial charge on any atom is -0.438 e. The molecule has 1 fully saturated rings. The van der Waals surface area contributed by atoms with E-state index in [0.29, 0.717) is 0 Å². The highest BCUT2D eigenvalue weighted by atomic mass is 31.2. The number of rotatable bonds is 12. The number of carbonyl (C=O) groups excluding carboxylic acids is 1. The Labute approximate surface area is 189 Å². The Morgan fingerprint density at radius 2 is 1.03 bits per heavy atom. The van der Waals surface area contributed by atoms with Gasteiger partial charge in [0.1, 0.15) is 36.6 Å². The van der Waals surface area contributed by atoms with Crippen molar-refractivity contribution in [2.24, 2.45) is 0 Å². The fourth-order valence-corrected chi connectivity index (χ4v) is 5.03. The molecule has 24 heteroatoms. The van der Waals surface area contributed by atoms with Gasteiger partial charge < -0.3 is 49.2 Å². The van der Waals surface area contributed by atoms with Crippen molar-refractivity contribution in [1.82, 2.24) is 0 Å². The lowest BCUT2D eigenvalue weighted by Crippen LogP contribution is -2.65. The van der Waals surface area contributed by atoms with E-state index >= 15 is 0 Å². The number of phosphoric acid groups is 4. The number of esters is 1. The second-order valence-electron chi connectivity index (χ2n) is 6.32. The zero-order valence-corrected chi connectivity index (χ0v) is 20.3. The summed E-state index contributed by atoms with van der Waals surface area (Å²) >= 11 is 0. The summed E-state index contributed by atoms with van der Waals surface area (Å²) in [7, 11) is -22.6. The Morgan fingerprint density at radius 1 is 0.676 bits per heavy atom. The molecule has 0 bridgehead atoms. The van der Waals surface area contributed by atoms with Gasteiger partial charge in [-0.3, -0.25) is 22.9 Å². The molecule has 0 aromatic carbocycles. The fourth-order valence-electron chi connectivity index (χ4n) is 2.56. The molecule has 1 saturated carbocycles. The van der Waals surface area contributed by atoms with Gasteiger partial charge in [-0.1, -0.05) is 6.92 Å². The van der Waals surface area contributed by atoms with Gasteiger partial charge in [0.15, 0.2) is 0 Å². The minimum atomic E-state index is -5.74. The molecule has 1 aliphatic carbocycles. The summed E-state index contributed by atoms with van der Waals surface area (Å²) in [6.07, 6.45) is -16.2. The Bertz CT molecular complexity index is 888. The number of aliphatic hydroxyl groups excluding tert-OH is 2. The van der Waals surface area contributed by atoms with Gasteiger partial charge in [-0.15, -0.1) is 0 Å². The molecule has 0 radical (unpaired) electrons. The van der Waals surface area contributed by atoms with Gasteiger partial charge in [-0.05, 0) is 0 Å². The van der Waals surface area contributed by atoms with Crippen LogP contribution >= 0.6 is 31.3 Å². The first-order valence-electron chi connectivity index (χ1n) is 8.55. The molecule has 0 aromatic heterocycles. The maximum absolute atomic E-state index is 12.1. The Kier molecular flexibility index (Phi) is 11.2. The van der Waals surface area contributed by atoms with E-state index in [-0.39, 0.29) is 6.42 Å². The quantitative estimate of drug-likeness (QED) is 0.0652. The normalized spacial score (nSPS) is 30.5. The van der Waals surface area contributed by atoms with Crippen LogP contribution in [-0.2, 0) is 50.4 Å². The van der Waals surface area contributed by atoms with Crippen molar-refractivity contribution >= 4 is 37.3 Å². The predicted octanol–water partition coefficient (Wildman–Crippen LogP) is -2.43. The van der Waals surface area contributed by atoms with Crippen molar-refractivity contribution in [2.45, 2.75) is 50.0 Å². The average Bonchev–Trinajstić information content (AvgIpc) is 2.62. The Morgan fingerprint density at radius 3 is 1.38 bits per heavy atom. The van der Waals surface area contributed by atoms with E-state index < -0.39 is 80.7 Å². The number of aliphatic hydroxyl groups is 2. The molecule has 9 N–H and O–H groups in total. The third kappa shape index (κ3) is 10.8. The monoisotopic (exact) mass is 586 g/mol. The summed E-state index contributed by atoms with van der Waals surface area (Å²) < 4.78 is 71.7. The summed E-state index contributed by atoms with van der Waals surface area (Å²) in [6.45, 7) is 0.153. The lowest BCUT2D eigenvalue weighted by atomic mass is 9.85. The summed E-state index contributed by atoms with van der Waals surface area (Å²) in [5, 5.41) is 20.4. The van der Waals surface area contributed by atoms with Crippen molar-refractivity contribution in [2.75, 3.05) is 6.79 Å². The average molecular weight is 586 g/mol. The van der Waals surface area contributed by atoms with Crippen molar-refractivity contribution in [3.05, 3.63) is 0 Å². The molecule has 202 valence electrons. The second kappa shape index (κ2) is 11.9. The molecule has 0 saturated heterocycles. The summed E-state index contributed by atoms with van der Waals surface area (Å²) in [4.78, 5) is 75.3. The van der Waals surface area contributed by atoms with Gasteiger partial charge in [-0.2, -0.15) is 0 Å². The van der Waals surface area contributed by atoms with Crippen LogP contribution in [0.3, 0.4) is 0 Å². The van der Waals surface area contributed by atoms with E-state index in [1.165, 1.54) is 6.92 Å². The number of hydrogen-bond donors (Lipinski definition) is 9. The van der Waals surface area contributed by atoms with E-state index in [1.807, 2.05) is 0 Å². The molecule has 0 heterocycles. The first-order chi connectivity index (χ1) is 15.2. The molecule has 1 rings (SSSR count). The van der Waals surface area contributed by atoms with Gasteiger partial charge >= 0.3 is 37.3 Å². The van der Waals surface area contributed by atoms with E-state index in [0.717, 1.165) is 0 Å². The molecule has 0 amide bonds. The SMILES string of the molecule is CCC(=O)OCOP(=O)(O)OC1C(O)C(O)C(OP(=O)(O)O)C(OP(=O)(O)O)C1OP(=O)(O)O. The second-order valence-corrected chi connectivity index (χ2v) is 11.3. The fraction of sp³-hybridized carbons (Fsp3) is 0.900. The van der Waals surface area contributed by atoms with Crippen LogP contribution in [0.5, 0.6) is 0 Å². The first-order valence-corrected chi connectivity index (χ1v) is 14.6. The van der Waals surface area contributed by atoms with Crippen LogP contribution in [0, 0.1) is 0 Å². The molecule has 0 aromatic rings.